The molecule has 1 aromatic heterocycles. The van der Waals surface area contributed by atoms with Crippen molar-refractivity contribution < 1.29 is 23.5 Å². The molecule has 2 aromatic carbocycles. The van der Waals surface area contributed by atoms with Crippen LogP contribution in [0.4, 0.5) is 10.5 Å². The van der Waals surface area contributed by atoms with Crippen molar-refractivity contribution in [3.8, 4) is 11.3 Å². The van der Waals surface area contributed by atoms with E-state index < -0.39 is 11.9 Å². The number of furan rings is 1. The smallest absolute Gasteiger partial charge is 0.338 e. The number of esters is 1. The van der Waals surface area contributed by atoms with E-state index in [4.69, 9.17) is 9.15 Å². The highest BCUT2D eigenvalue weighted by Gasteiger charge is 2.34. The predicted octanol–water partition coefficient (Wildman–Crippen LogP) is 4.22. The maximum Gasteiger partial charge on any atom is 0.338 e. The highest BCUT2D eigenvalue weighted by molar-refractivity contribution is 6.28. The number of urea groups is 1. The molecule has 0 atom stereocenters. The molecule has 3 aromatic rings. The zero-order valence-corrected chi connectivity index (χ0v) is 16.1. The van der Waals surface area contributed by atoms with Gasteiger partial charge < -0.3 is 14.5 Å². The van der Waals surface area contributed by atoms with Gasteiger partial charge in [-0.25, -0.2) is 14.5 Å². The summed E-state index contributed by atoms with van der Waals surface area (Å²) in [7, 11) is 0. The van der Waals surface area contributed by atoms with Gasteiger partial charge in [-0.3, -0.25) is 4.79 Å². The van der Waals surface area contributed by atoms with Gasteiger partial charge in [0.1, 0.15) is 17.2 Å². The van der Waals surface area contributed by atoms with Gasteiger partial charge in [-0.1, -0.05) is 30.3 Å². The number of para-hydroxylation sites is 1. The number of hydrogen-bond acceptors (Lipinski definition) is 5. The van der Waals surface area contributed by atoms with E-state index >= 15 is 0 Å². The number of carbonyl (C=O) groups is 3. The second kappa shape index (κ2) is 8.08. The van der Waals surface area contributed by atoms with Crippen LogP contribution in [-0.4, -0.2) is 24.5 Å². The zero-order chi connectivity index (χ0) is 21.1. The van der Waals surface area contributed by atoms with Crippen molar-refractivity contribution in [2.75, 3.05) is 11.5 Å². The number of nitrogens with zero attached hydrogens (tertiary/aromatic N) is 1. The van der Waals surface area contributed by atoms with Gasteiger partial charge in [-0.2, -0.15) is 0 Å². The molecule has 0 spiro atoms. The van der Waals surface area contributed by atoms with Crippen molar-refractivity contribution in [3.05, 3.63) is 83.8 Å². The molecular formula is C23H18N2O5. The molecule has 3 amide bonds. The second-order valence-corrected chi connectivity index (χ2v) is 6.46. The molecule has 7 nitrogen and oxygen atoms in total. The van der Waals surface area contributed by atoms with E-state index in [-0.39, 0.29) is 11.7 Å². The van der Waals surface area contributed by atoms with Crippen LogP contribution in [0.3, 0.4) is 0 Å². The van der Waals surface area contributed by atoms with Crippen molar-refractivity contribution >= 4 is 29.7 Å². The average molecular weight is 402 g/mol. The number of hydrogen-bond donors (Lipinski definition) is 1. The lowest BCUT2D eigenvalue weighted by Gasteiger charge is -2.10. The fourth-order valence-electron chi connectivity index (χ4n) is 3.06. The Hall–Kier alpha value is -4.13. The predicted molar refractivity (Wildman–Crippen MR) is 111 cm³/mol. The van der Waals surface area contributed by atoms with Crippen LogP contribution in [0.5, 0.6) is 0 Å². The van der Waals surface area contributed by atoms with Gasteiger partial charge in [0.05, 0.1) is 17.9 Å². The first kappa shape index (κ1) is 19.2. The second-order valence-electron chi connectivity index (χ2n) is 6.46. The zero-order valence-electron chi connectivity index (χ0n) is 16.1. The molecule has 1 aliphatic heterocycles. The maximum atomic E-state index is 12.6. The number of ether oxygens (including phenoxy) is 1. The number of anilines is 1. The summed E-state index contributed by atoms with van der Waals surface area (Å²) < 4.78 is 10.8. The summed E-state index contributed by atoms with van der Waals surface area (Å²) in [6.45, 7) is 2.06. The largest absolute Gasteiger partial charge is 0.462 e. The highest BCUT2D eigenvalue weighted by Crippen LogP contribution is 2.26. The SMILES string of the molecule is CCOC(=O)c1ccc(-c2ccc(/C=C3\NC(=O)N(c4ccccc4)C3=O)o2)cc1. The van der Waals surface area contributed by atoms with Crippen LogP contribution in [0.2, 0.25) is 0 Å². The van der Waals surface area contributed by atoms with E-state index in [1.54, 1.807) is 67.6 Å². The summed E-state index contributed by atoms with van der Waals surface area (Å²) in [5.74, 6) is 0.141. The number of benzene rings is 2. The Kier molecular flexibility index (Phi) is 5.17. The van der Waals surface area contributed by atoms with Gasteiger partial charge in [0.2, 0.25) is 0 Å². The minimum Gasteiger partial charge on any atom is -0.462 e. The third-order valence-electron chi connectivity index (χ3n) is 4.49. The molecule has 0 aliphatic carbocycles. The summed E-state index contributed by atoms with van der Waals surface area (Å²) >= 11 is 0. The molecule has 0 unspecified atom stereocenters. The number of nitrogens with one attached hydrogen (secondary N) is 1. The Morgan fingerprint density at radius 1 is 1.03 bits per heavy atom. The molecule has 1 aliphatic rings. The maximum absolute atomic E-state index is 12.6. The van der Waals surface area contributed by atoms with Crippen LogP contribution < -0.4 is 10.2 Å². The van der Waals surface area contributed by atoms with Gasteiger partial charge in [0.15, 0.2) is 0 Å². The van der Waals surface area contributed by atoms with Gasteiger partial charge >= 0.3 is 12.0 Å². The Morgan fingerprint density at radius 3 is 2.47 bits per heavy atom. The number of rotatable bonds is 5. The minimum absolute atomic E-state index is 0.127. The van der Waals surface area contributed by atoms with E-state index in [1.165, 1.54) is 6.08 Å². The van der Waals surface area contributed by atoms with Gasteiger partial charge in [0, 0.05) is 11.6 Å². The Labute approximate surface area is 172 Å². The minimum atomic E-state index is -0.515. The molecule has 150 valence electrons. The molecular weight excluding hydrogens is 384 g/mol. The van der Waals surface area contributed by atoms with Crippen molar-refractivity contribution in [3.63, 3.8) is 0 Å². The molecule has 1 fully saturated rings. The van der Waals surface area contributed by atoms with Crippen LogP contribution in [0, 0.1) is 0 Å². The third kappa shape index (κ3) is 3.73. The molecule has 7 heteroatoms. The summed E-state index contributed by atoms with van der Waals surface area (Å²) in [6, 6.07) is 18.4. The van der Waals surface area contributed by atoms with Crippen molar-refractivity contribution in [1.82, 2.24) is 5.32 Å². The first-order valence-electron chi connectivity index (χ1n) is 9.36. The Bertz CT molecular complexity index is 1130. The van der Waals surface area contributed by atoms with E-state index in [0.29, 0.717) is 29.4 Å². The molecule has 2 heterocycles. The van der Waals surface area contributed by atoms with Crippen LogP contribution in [-0.2, 0) is 9.53 Å². The summed E-state index contributed by atoms with van der Waals surface area (Å²) in [5, 5.41) is 2.57. The molecule has 1 saturated heterocycles. The molecule has 4 rings (SSSR count). The van der Waals surface area contributed by atoms with E-state index in [1.807, 2.05) is 6.07 Å². The molecule has 0 saturated carbocycles. The molecule has 0 bridgehead atoms. The van der Waals surface area contributed by atoms with Crippen molar-refractivity contribution in [2.45, 2.75) is 6.92 Å². The van der Waals surface area contributed by atoms with Crippen LogP contribution in [0.1, 0.15) is 23.0 Å². The fourth-order valence-corrected chi connectivity index (χ4v) is 3.06. The lowest BCUT2D eigenvalue weighted by molar-refractivity contribution is -0.113. The first-order chi connectivity index (χ1) is 14.6. The normalized spacial score (nSPS) is 14.8. The van der Waals surface area contributed by atoms with Gasteiger partial charge in [-0.15, -0.1) is 0 Å². The highest BCUT2D eigenvalue weighted by atomic mass is 16.5. The van der Waals surface area contributed by atoms with E-state index in [0.717, 1.165) is 10.5 Å². The monoisotopic (exact) mass is 402 g/mol. The summed E-state index contributed by atoms with van der Waals surface area (Å²) in [6.07, 6.45) is 1.49. The van der Waals surface area contributed by atoms with Crippen LogP contribution in [0.25, 0.3) is 17.4 Å². The topological polar surface area (TPSA) is 88.9 Å². The average Bonchev–Trinajstić information content (AvgIpc) is 3.33. The van der Waals surface area contributed by atoms with E-state index in [2.05, 4.69) is 5.32 Å². The first-order valence-corrected chi connectivity index (χ1v) is 9.36. The quantitative estimate of drug-likeness (QED) is 0.392. The standard InChI is InChI=1S/C23H18N2O5/c1-2-29-22(27)16-10-8-15(9-11-16)20-13-12-18(30-20)14-19-21(26)25(23(28)24-19)17-6-4-3-5-7-17/h3-14H,2H2,1H3,(H,24,28)/b19-14-. The fraction of sp³-hybridized carbons (Fsp3) is 0.0870. The van der Waals surface area contributed by atoms with Crippen LogP contribution >= 0.6 is 0 Å². The summed E-state index contributed by atoms with van der Waals surface area (Å²) in [5.41, 5.74) is 1.84. The molecule has 1 N–H and O–H groups in total. The van der Waals surface area contributed by atoms with E-state index in [9.17, 15) is 14.4 Å². The van der Waals surface area contributed by atoms with Gasteiger partial charge in [-0.05, 0) is 43.3 Å². The van der Waals surface area contributed by atoms with Gasteiger partial charge in [0.25, 0.3) is 5.91 Å². The number of carbonyl (C=O) groups excluding carboxylic acids is 3. The molecule has 0 radical (unpaired) electrons. The van der Waals surface area contributed by atoms with Crippen LogP contribution in [0.15, 0.2) is 76.8 Å². The molecule has 30 heavy (non-hydrogen) atoms. The van der Waals surface area contributed by atoms with Crippen molar-refractivity contribution in [2.24, 2.45) is 0 Å². The Balaban J connectivity index is 1.53. The lowest BCUT2D eigenvalue weighted by Crippen LogP contribution is -2.30. The number of imide groups is 1. The summed E-state index contributed by atoms with van der Waals surface area (Å²) in [4.78, 5) is 37.7. The van der Waals surface area contributed by atoms with Crippen molar-refractivity contribution in [1.29, 1.82) is 0 Å². The lowest BCUT2D eigenvalue weighted by atomic mass is 10.1. The third-order valence-corrected chi connectivity index (χ3v) is 4.49. The number of amides is 3. The Morgan fingerprint density at radius 2 is 1.77 bits per heavy atom.